The summed E-state index contributed by atoms with van der Waals surface area (Å²) in [5.41, 5.74) is 0.496. The van der Waals surface area contributed by atoms with Crippen LogP contribution in [0.15, 0.2) is 28.7 Å². The van der Waals surface area contributed by atoms with Crippen LogP contribution < -0.4 is 4.31 Å². The topological polar surface area (TPSA) is 57.7 Å². The molecule has 1 atom stereocenters. The third-order valence-corrected chi connectivity index (χ3v) is 5.42. The van der Waals surface area contributed by atoms with Gasteiger partial charge in [0.05, 0.1) is 11.9 Å². The highest BCUT2D eigenvalue weighted by molar-refractivity contribution is 9.10. The van der Waals surface area contributed by atoms with Crippen molar-refractivity contribution < 1.29 is 13.2 Å². The minimum Gasteiger partial charge on any atom is -0.341 e. The van der Waals surface area contributed by atoms with Gasteiger partial charge in [-0.3, -0.25) is 9.10 Å². The average Bonchev–Trinajstić information content (AvgIpc) is 2.43. The Morgan fingerprint density at radius 1 is 1.45 bits per heavy atom. The Morgan fingerprint density at radius 3 is 2.77 bits per heavy atom. The Morgan fingerprint density at radius 2 is 2.18 bits per heavy atom. The van der Waals surface area contributed by atoms with E-state index in [4.69, 9.17) is 0 Å². The van der Waals surface area contributed by atoms with E-state index in [1.807, 2.05) is 6.07 Å². The van der Waals surface area contributed by atoms with Gasteiger partial charge in [0.2, 0.25) is 15.9 Å². The van der Waals surface area contributed by atoms with Crippen molar-refractivity contribution in [1.29, 1.82) is 0 Å². The smallest absolute Gasteiger partial charge is 0.243 e. The molecule has 5 nitrogen and oxygen atoms in total. The molecule has 1 saturated heterocycles. The van der Waals surface area contributed by atoms with Gasteiger partial charge >= 0.3 is 0 Å². The normalized spacial score (nSPS) is 19.0. The number of amides is 1. The van der Waals surface area contributed by atoms with Crippen LogP contribution in [0.3, 0.4) is 0 Å². The van der Waals surface area contributed by atoms with Crippen LogP contribution >= 0.6 is 15.9 Å². The van der Waals surface area contributed by atoms with E-state index in [9.17, 15) is 13.2 Å². The van der Waals surface area contributed by atoms with Crippen LogP contribution in [0.5, 0.6) is 0 Å². The van der Waals surface area contributed by atoms with Gasteiger partial charge < -0.3 is 4.90 Å². The molecule has 1 fully saturated rings. The molecule has 1 aromatic rings. The number of piperidine rings is 1. The maximum atomic E-state index is 12.5. The number of hydrogen-bond donors (Lipinski definition) is 0. The lowest BCUT2D eigenvalue weighted by molar-refractivity contribution is -0.131. The minimum atomic E-state index is -3.52. The minimum absolute atomic E-state index is 0.142. The quantitative estimate of drug-likeness (QED) is 0.795. The zero-order valence-corrected chi connectivity index (χ0v) is 15.2. The fourth-order valence-corrected chi connectivity index (χ4v) is 3.90. The van der Waals surface area contributed by atoms with Crippen LogP contribution in [0.25, 0.3) is 0 Å². The summed E-state index contributed by atoms with van der Waals surface area (Å²) < 4.78 is 26.1. The predicted octanol–water partition coefficient (Wildman–Crippen LogP) is 2.47. The van der Waals surface area contributed by atoms with E-state index >= 15 is 0 Å². The van der Waals surface area contributed by atoms with Crippen molar-refractivity contribution in [3.8, 4) is 0 Å². The van der Waals surface area contributed by atoms with Crippen LogP contribution in [0, 0.1) is 5.92 Å². The molecule has 0 N–H and O–H groups in total. The Hall–Kier alpha value is -1.08. The molecule has 0 bridgehead atoms. The summed E-state index contributed by atoms with van der Waals surface area (Å²) >= 11 is 3.33. The van der Waals surface area contributed by atoms with E-state index in [1.54, 1.807) is 23.1 Å². The van der Waals surface area contributed by atoms with Crippen molar-refractivity contribution in [3.63, 3.8) is 0 Å². The summed E-state index contributed by atoms with van der Waals surface area (Å²) in [6.07, 6.45) is 3.22. The van der Waals surface area contributed by atoms with Crippen LogP contribution in [0.4, 0.5) is 5.69 Å². The van der Waals surface area contributed by atoms with Gasteiger partial charge in [-0.15, -0.1) is 0 Å². The van der Waals surface area contributed by atoms with E-state index in [2.05, 4.69) is 22.9 Å². The zero-order valence-electron chi connectivity index (χ0n) is 12.8. The van der Waals surface area contributed by atoms with Crippen molar-refractivity contribution in [2.24, 2.45) is 5.92 Å². The van der Waals surface area contributed by atoms with Gasteiger partial charge in [-0.1, -0.05) is 28.9 Å². The number of benzene rings is 1. The Kier molecular flexibility index (Phi) is 5.50. The van der Waals surface area contributed by atoms with Gasteiger partial charge in [-0.25, -0.2) is 8.42 Å². The molecule has 2 rings (SSSR count). The van der Waals surface area contributed by atoms with Gasteiger partial charge in [0.15, 0.2) is 0 Å². The van der Waals surface area contributed by atoms with Gasteiger partial charge in [0.25, 0.3) is 0 Å². The lowest BCUT2D eigenvalue weighted by atomic mass is 10.0. The summed E-state index contributed by atoms with van der Waals surface area (Å²) in [6, 6.07) is 6.97. The molecule has 0 aliphatic carbocycles. The van der Waals surface area contributed by atoms with E-state index in [0.29, 0.717) is 24.7 Å². The highest BCUT2D eigenvalue weighted by Gasteiger charge is 2.26. The Labute approximate surface area is 140 Å². The van der Waals surface area contributed by atoms with E-state index in [-0.39, 0.29) is 12.5 Å². The van der Waals surface area contributed by atoms with Gasteiger partial charge in [-0.2, -0.15) is 0 Å². The lowest BCUT2D eigenvalue weighted by Crippen LogP contribution is -2.46. The molecular formula is C15H21BrN2O3S. The number of halogens is 1. The number of hydrogen-bond acceptors (Lipinski definition) is 3. The molecular weight excluding hydrogens is 368 g/mol. The first-order valence-electron chi connectivity index (χ1n) is 7.28. The van der Waals surface area contributed by atoms with Crippen molar-refractivity contribution in [2.75, 3.05) is 30.2 Å². The maximum Gasteiger partial charge on any atom is 0.243 e. The lowest BCUT2D eigenvalue weighted by Gasteiger charge is -2.33. The summed E-state index contributed by atoms with van der Waals surface area (Å²) in [4.78, 5) is 14.2. The van der Waals surface area contributed by atoms with E-state index < -0.39 is 10.0 Å². The van der Waals surface area contributed by atoms with Gasteiger partial charge in [0.1, 0.15) is 6.54 Å². The molecule has 122 valence electrons. The van der Waals surface area contributed by atoms with Crippen LogP contribution in [-0.2, 0) is 14.8 Å². The summed E-state index contributed by atoms with van der Waals surface area (Å²) in [5.74, 6) is 0.326. The second-order valence-corrected chi connectivity index (χ2v) is 8.66. The molecule has 1 aliphatic heterocycles. The average molecular weight is 389 g/mol. The first kappa shape index (κ1) is 17.3. The summed E-state index contributed by atoms with van der Waals surface area (Å²) in [6.45, 7) is 3.37. The SMILES string of the molecule is C[C@H]1CCCN(C(=O)CN(c2cccc(Br)c2)S(C)(=O)=O)C1. The van der Waals surface area contributed by atoms with Crippen molar-refractivity contribution >= 4 is 37.5 Å². The summed E-state index contributed by atoms with van der Waals surface area (Å²) in [5, 5.41) is 0. The second kappa shape index (κ2) is 7.00. The number of anilines is 1. The monoisotopic (exact) mass is 388 g/mol. The first-order valence-corrected chi connectivity index (χ1v) is 9.92. The fraction of sp³-hybridized carbons (Fsp3) is 0.533. The van der Waals surface area contributed by atoms with Gasteiger partial charge in [0, 0.05) is 17.6 Å². The number of likely N-dealkylation sites (tertiary alicyclic amines) is 1. The van der Waals surface area contributed by atoms with Gasteiger partial charge in [-0.05, 0) is 37.0 Å². The molecule has 1 aliphatic rings. The second-order valence-electron chi connectivity index (χ2n) is 5.84. The van der Waals surface area contributed by atoms with Crippen molar-refractivity contribution in [1.82, 2.24) is 4.90 Å². The van der Waals surface area contributed by atoms with Crippen LogP contribution in [0.2, 0.25) is 0 Å². The van der Waals surface area contributed by atoms with E-state index in [0.717, 1.165) is 23.6 Å². The number of rotatable bonds is 4. The van der Waals surface area contributed by atoms with Crippen LogP contribution in [0.1, 0.15) is 19.8 Å². The number of sulfonamides is 1. The molecule has 22 heavy (non-hydrogen) atoms. The first-order chi connectivity index (χ1) is 10.3. The number of carbonyl (C=O) groups excluding carboxylic acids is 1. The zero-order chi connectivity index (χ0) is 16.3. The highest BCUT2D eigenvalue weighted by atomic mass is 79.9. The molecule has 0 unspecified atom stereocenters. The summed E-state index contributed by atoms with van der Waals surface area (Å²) in [7, 11) is -3.52. The van der Waals surface area contributed by atoms with Crippen LogP contribution in [-0.4, -0.2) is 45.1 Å². The van der Waals surface area contributed by atoms with E-state index in [1.165, 1.54) is 4.31 Å². The number of nitrogens with zero attached hydrogens (tertiary/aromatic N) is 2. The highest BCUT2D eigenvalue weighted by Crippen LogP contribution is 2.23. The van der Waals surface area contributed by atoms with Crippen molar-refractivity contribution in [3.05, 3.63) is 28.7 Å². The predicted molar refractivity (Wildman–Crippen MR) is 91.3 cm³/mol. The third-order valence-electron chi connectivity index (χ3n) is 3.79. The Bertz CT molecular complexity index is 648. The number of carbonyl (C=O) groups is 1. The largest absolute Gasteiger partial charge is 0.341 e. The maximum absolute atomic E-state index is 12.5. The molecule has 1 heterocycles. The molecule has 1 aromatic carbocycles. The third kappa shape index (κ3) is 4.46. The Balaban J connectivity index is 2.19. The molecule has 0 saturated carbocycles. The molecule has 7 heteroatoms. The molecule has 0 aromatic heterocycles. The molecule has 0 spiro atoms. The standard InChI is InChI=1S/C15H21BrN2O3S/c1-12-5-4-8-17(10-12)15(19)11-18(22(2,20)21)14-7-3-6-13(16)9-14/h3,6-7,9,12H,4-5,8,10-11H2,1-2H3/t12-/m0/s1. The molecule has 1 amide bonds. The molecule has 0 radical (unpaired) electrons. The fourth-order valence-electron chi connectivity index (χ4n) is 2.67. The van der Waals surface area contributed by atoms with Crippen molar-refractivity contribution in [2.45, 2.75) is 19.8 Å².